The van der Waals surface area contributed by atoms with Crippen molar-refractivity contribution < 1.29 is 14.3 Å². The first kappa shape index (κ1) is 23.6. The molecule has 0 fully saturated rings. The number of rotatable bonds is 9. The number of hydrogen-bond donors (Lipinski definition) is 2. The first-order chi connectivity index (χ1) is 15.6. The molecule has 32 heavy (non-hydrogen) atoms. The summed E-state index contributed by atoms with van der Waals surface area (Å²) >= 11 is 0. The predicted molar refractivity (Wildman–Crippen MR) is 127 cm³/mol. The third-order valence-corrected chi connectivity index (χ3v) is 5.53. The Labute approximate surface area is 190 Å². The van der Waals surface area contributed by atoms with Crippen LogP contribution in [0.3, 0.4) is 0 Å². The maximum Gasteiger partial charge on any atom is 0.242 e. The maximum absolute atomic E-state index is 12.7. The zero-order chi connectivity index (χ0) is 22.8. The zero-order valence-electron chi connectivity index (χ0n) is 19.3. The molecule has 0 aliphatic carbocycles. The molecule has 0 aromatic heterocycles. The van der Waals surface area contributed by atoms with E-state index in [1.165, 1.54) is 11.1 Å². The van der Waals surface area contributed by atoms with E-state index in [-0.39, 0.29) is 12.5 Å². The van der Waals surface area contributed by atoms with Crippen LogP contribution < -0.4 is 15.4 Å². The summed E-state index contributed by atoms with van der Waals surface area (Å²) in [6.07, 6.45) is 1.74. The second-order valence-corrected chi connectivity index (χ2v) is 7.92. The van der Waals surface area contributed by atoms with Gasteiger partial charge in [-0.2, -0.15) is 0 Å². The summed E-state index contributed by atoms with van der Waals surface area (Å²) in [6.45, 7) is 5.48. The fraction of sp³-hybridized carbons (Fsp3) is 0.440. The van der Waals surface area contributed by atoms with E-state index in [4.69, 9.17) is 9.47 Å². The first-order valence-corrected chi connectivity index (χ1v) is 11.1. The van der Waals surface area contributed by atoms with Crippen LogP contribution in [0, 0.1) is 6.92 Å². The lowest BCUT2D eigenvalue weighted by molar-refractivity contribution is -0.130. The molecule has 0 saturated carbocycles. The van der Waals surface area contributed by atoms with E-state index in [2.05, 4.69) is 46.0 Å². The highest BCUT2D eigenvalue weighted by Crippen LogP contribution is 2.21. The van der Waals surface area contributed by atoms with Gasteiger partial charge in [0.2, 0.25) is 5.91 Å². The normalized spacial score (nSPS) is 13.5. The number of methoxy groups -OCH3 is 1. The Morgan fingerprint density at radius 1 is 1.12 bits per heavy atom. The molecule has 2 aromatic rings. The summed E-state index contributed by atoms with van der Waals surface area (Å²) in [6, 6.07) is 14.5. The van der Waals surface area contributed by atoms with Gasteiger partial charge in [-0.1, -0.05) is 36.4 Å². The Hall–Kier alpha value is -3.06. The fourth-order valence-electron chi connectivity index (χ4n) is 3.71. The monoisotopic (exact) mass is 438 g/mol. The number of fused-ring (bicyclic) bond motifs is 1. The highest BCUT2D eigenvalue weighted by molar-refractivity contribution is 5.86. The highest BCUT2D eigenvalue weighted by atomic mass is 16.5. The smallest absolute Gasteiger partial charge is 0.242 e. The van der Waals surface area contributed by atoms with Gasteiger partial charge in [-0.15, -0.1) is 0 Å². The van der Waals surface area contributed by atoms with Crippen LogP contribution in [0.5, 0.6) is 5.75 Å². The number of ether oxygens (including phenoxy) is 2. The summed E-state index contributed by atoms with van der Waals surface area (Å²) in [5.41, 5.74) is 4.74. The number of guanidine groups is 1. The fourth-order valence-corrected chi connectivity index (χ4v) is 3.71. The molecule has 0 bridgehead atoms. The van der Waals surface area contributed by atoms with Crippen LogP contribution in [-0.4, -0.2) is 57.2 Å². The van der Waals surface area contributed by atoms with Crippen molar-refractivity contribution in [2.75, 3.05) is 40.5 Å². The predicted octanol–water partition coefficient (Wildman–Crippen LogP) is 2.66. The number of hydrogen-bond acceptors (Lipinski definition) is 4. The summed E-state index contributed by atoms with van der Waals surface area (Å²) in [5.74, 6) is 1.51. The molecule has 0 saturated heterocycles. The van der Waals surface area contributed by atoms with E-state index in [1.54, 1.807) is 14.2 Å². The van der Waals surface area contributed by atoms with Crippen molar-refractivity contribution in [3.05, 3.63) is 64.7 Å². The lowest BCUT2D eigenvalue weighted by Gasteiger charge is -2.29. The largest absolute Gasteiger partial charge is 0.493 e. The Balaban J connectivity index is 1.49. The minimum absolute atomic E-state index is 0.0694. The number of nitrogens with zero attached hydrogens (tertiary/aromatic N) is 2. The molecule has 0 spiro atoms. The summed E-state index contributed by atoms with van der Waals surface area (Å²) < 4.78 is 11.0. The molecule has 7 heteroatoms. The molecule has 0 radical (unpaired) electrons. The van der Waals surface area contributed by atoms with Crippen LogP contribution in [0.4, 0.5) is 0 Å². The van der Waals surface area contributed by atoms with Crippen LogP contribution >= 0.6 is 0 Å². The second-order valence-electron chi connectivity index (χ2n) is 7.92. The van der Waals surface area contributed by atoms with E-state index in [9.17, 15) is 4.79 Å². The average Bonchev–Trinajstić information content (AvgIpc) is 2.82. The Kier molecular flexibility index (Phi) is 8.92. The average molecular weight is 439 g/mol. The number of carbonyl (C=O) groups is 1. The summed E-state index contributed by atoms with van der Waals surface area (Å²) in [7, 11) is 3.39. The van der Waals surface area contributed by atoms with Crippen LogP contribution in [0.25, 0.3) is 0 Å². The van der Waals surface area contributed by atoms with Gasteiger partial charge in [-0.25, -0.2) is 0 Å². The van der Waals surface area contributed by atoms with Gasteiger partial charge in [0.15, 0.2) is 5.96 Å². The first-order valence-electron chi connectivity index (χ1n) is 11.1. The minimum atomic E-state index is 0.0694. The minimum Gasteiger partial charge on any atom is -0.493 e. The number of benzene rings is 2. The lowest BCUT2D eigenvalue weighted by Crippen LogP contribution is -2.45. The zero-order valence-corrected chi connectivity index (χ0v) is 19.3. The topological polar surface area (TPSA) is 75.2 Å². The molecule has 0 unspecified atom stereocenters. The van der Waals surface area contributed by atoms with Crippen molar-refractivity contribution in [1.29, 1.82) is 0 Å². The Bertz CT molecular complexity index is 929. The summed E-state index contributed by atoms with van der Waals surface area (Å²) in [5, 5.41) is 6.43. The number of nitrogens with one attached hydrogen (secondary N) is 2. The van der Waals surface area contributed by atoms with E-state index in [0.29, 0.717) is 32.3 Å². The van der Waals surface area contributed by atoms with Crippen LogP contribution in [0.2, 0.25) is 0 Å². The SMILES string of the molecule is CN=C(NCC(=O)N1CCc2ccccc2C1)NCc1ccc(C)cc1OCCCOC. The van der Waals surface area contributed by atoms with Gasteiger partial charge in [0.05, 0.1) is 13.2 Å². The molecule has 2 aromatic carbocycles. The van der Waals surface area contributed by atoms with Crippen LogP contribution in [-0.2, 0) is 29.0 Å². The third kappa shape index (κ3) is 6.72. The number of amides is 1. The van der Waals surface area contributed by atoms with E-state index < -0.39 is 0 Å². The van der Waals surface area contributed by atoms with Crippen molar-refractivity contribution >= 4 is 11.9 Å². The standard InChI is InChI=1S/C25H34N4O3/c1-19-9-10-21(23(15-19)32-14-6-13-31-3)16-27-25(26-2)28-17-24(30)29-12-11-20-7-4-5-8-22(20)18-29/h4-5,7-10,15H,6,11-14,16-18H2,1-3H3,(H2,26,27,28). The van der Waals surface area contributed by atoms with Crippen molar-refractivity contribution in [2.45, 2.75) is 32.9 Å². The molecule has 1 amide bonds. The van der Waals surface area contributed by atoms with Gasteiger partial charge in [0.25, 0.3) is 0 Å². The van der Waals surface area contributed by atoms with Crippen molar-refractivity contribution in [1.82, 2.24) is 15.5 Å². The Morgan fingerprint density at radius 3 is 2.72 bits per heavy atom. The van der Waals surface area contributed by atoms with E-state index in [0.717, 1.165) is 36.3 Å². The van der Waals surface area contributed by atoms with Crippen molar-refractivity contribution in [2.24, 2.45) is 4.99 Å². The van der Waals surface area contributed by atoms with Gasteiger partial charge < -0.3 is 25.0 Å². The summed E-state index contributed by atoms with van der Waals surface area (Å²) in [4.78, 5) is 18.9. The molecule has 1 aliphatic heterocycles. The van der Waals surface area contributed by atoms with E-state index >= 15 is 0 Å². The molecule has 1 aliphatic rings. The molecule has 7 nitrogen and oxygen atoms in total. The molecule has 2 N–H and O–H groups in total. The van der Waals surface area contributed by atoms with Gasteiger partial charge in [0, 0.05) is 52.4 Å². The molecule has 172 valence electrons. The number of aryl methyl sites for hydroxylation is 1. The number of aliphatic imine (C=N–C) groups is 1. The molecular formula is C25H34N4O3. The van der Waals surface area contributed by atoms with Crippen LogP contribution in [0.15, 0.2) is 47.5 Å². The molecule has 1 heterocycles. The van der Waals surface area contributed by atoms with Gasteiger partial charge in [0.1, 0.15) is 5.75 Å². The second kappa shape index (κ2) is 12.1. The molecular weight excluding hydrogens is 404 g/mol. The third-order valence-electron chi connectivity index (χ3n) is 5.53. The van der Waals surface area contributed by atoms with E-state index in [1.807, 2.05) is 24.0 Å². The molecule has 3 rings (SSSR count). The number of carbonyl (C=O) groups excluding carboxylic acids is 1. The van der Waals surface area contributed by atoms with Crippen molar-refractivity contribution in [3.8, 4) is 5.75 Å². The maximum atomic E-state index is 12.7. The molecule has 0 atom stereocenters. The van der Waals surface area contributed by atoms with Gasteiger partial charge >= 0.3 is 0 Å². The van der Waals surface area contributed by atoms with Crippen molar-refractivity contribution in [3.63, 3.8) is 0 Å². The highest BCUT2D eigenvalue weighted by Gasteiger charge is 2.20. The lowest BCUT2D eigenvalue weighted by atomic mass is 10.00. The van der Waals surface area contributed by atoms with Crippen LogP contribution in [0.1, 0.15) is 28.7 Å². The van der Waals surface area contributed by atoms with Gasteiger partial charge in [-0.3, -0.25) is 9.79 Å². The quantitative estimate of drug-likeness (QED) is 0.358. The Morgan fingerprint density at radius 2 is 1.94 bits per heavy atom. The van der Waals surface area contributed by atoms with Gasteiger partial charge in [-0.05, 0) is 36.1 Å².